The summed E-state index contributed by atoms with van der Waals surface area (Å²) in [5, 5.41) is 7.73. The molecule has 0 amide bonds. The molecule has 0 fully saturated rings. The number of nitrogens with one attached hydrogen (secondary N) is 1. The zero-order valence-electron chi connectivity index (χ0n) is 8.46. The summed E-state index contributed by atoms with van der Waals surface area (Å²) in [6, 6.07) is 0. The lowest BCUT2D eigenvalue weighted by molar-refractivity contribution is 0.117. The van der Waals surface area contributed by atoms with E-state index in [0.717, 1.165) is 13.1 Å². The molecule has 2 nitrogen and oxygen atoms in total. The molecule has 0 aliphatic rings. The monoisotopic (exact) mass is 199 g/mol. The van der Waals surface area contributed by atoms with Crippen LogP contribution in [0.25, 0.3) is 0 Å². The van der Waals surface area contributed by atoms with Crippen LogP contribution in [0.4, 0.5) is 0 Å². The smallest absolute Gasteiger partial charge is 0.0667 e. The van der Waals surface area contributed by atoms with Gasteiger partial charge in [-0.15, -0.1) is 0 Å². The van der Waals surface area contributed by atoms with Gasteiger partial charge in [0.2, 0.25) is 0 Å². The summed E-state index contributed by atoms with van der Waals surface area (Å²) < 4.78 is 5.14. The molecule has 0 spiro atoms. The average Bonchev–Trinajstić information content (AvgIpc) is 2.52. The Balaban J connectivity index is 2.24. The third-order valence-electron chi connectivity index (χ3n) is 2.11. The molecule has 0 saturated carbocycles. The van der Waals surface area contributed by atoms with Gasteiger partial charge in [-0.3, -0.25) is 0 Å². The lowest BCUT2D eigenvalue weighted by atomic mass is 10.2. The first-order valence-corrected chi connectivity index (χ1v) is 5.43. The van der Waals surface area contributed by atoms with Crippen molar-refractivity contribution in [2.45, 2.75) is 26.5 Å². The van der Waals surface area contributed by atoms with Crippen molar-refractivity contribution >= 4 is 11.3 Å². The van der Waals surface area contributed by atoms with Crippen LogP contribution in [0.15, 0.2) is 10.8 Å². The summed E-state index contributed by atoms with van der Waals surface area (Å²) in [5.41, 5.74) is 2.77. The molecule has 0 radical (unpaired) electrons. The molecule has 3 heteroatoms. The van der Waals surface area contributed by atoms with Crippen LogP contribution in [0.3, 0.4) is 0 Å². The molecule has 1 atom stereocenters. The van der Waals surface area contributed by atoms with Crippen LogP contribution in [0, 0.1) is 6.92 Å². The average molecular weight is 199 g/mol. The number of rotatable bonds is 5. The predicted molar refractivity (Wildman–Crippen MR) is 57.2 cm³/mol. The van der Waals surface area contributed by atoms with E-state index in [4.69, 9.17) is 4.74 Å². The van der Waals surface area contributed by atoms with Crippen molar-refractivity contribution in [3.63, 3.8) is 0 Å². The standard InChI is InChI=1S/C10H17NOS/c1-8-6-13-7-10(8)5-11-4-9(2)12-3/h6-7,9,11H,4-5H2,1-3H3. The normalized spacial score (nSPS) is 13.2. The zero-order chi connectivity index (χ0) is 9.68. The van der Waals surface area contributed by atoms with Gasteiger partial charge in [-0.2, -0.15) is 11.3 Å². The minimum absolute atomic E-state index is 0.291. The predicted octanol–water partition coefficient (Wildman–Crippen LogP) is 2.18. The molecule has 0 aromatic carbocycles. The van der Waals surface area contributed by atoms with E-state index >= 15 is 0 Å². The number of aryl methyl sites for hydroxylation is 1. The molecular weight excluding hydrogens is 182 g/mol. The van der Waals surface area contributed by atoms with Gasteiger partial charge in [0.1, 0.15) is 0 Å². The number of methoxy groups -OCH3 is 1. The Morgan fingerprint density at radius 2 is 2.31 bits per heavy atom. The number of thiophene rings is 1. The highest BCUT2D eigenvalue weighted by atomic mass is 32.1. The number of ether oxygens (including phenoxy) is 1. The maximum absolute atomic E-state index is 5.14. The molecule has 0 aliphatic carbocycles. The molecule has 13 heavy (non-hydrogen) atoms. The minimum atomic E-state index is 0.291. The second-order valence-electron chi connectivity index (χ2n) is 3.26. The summed E-state index contributed by atoms with van der Waals surface area (Å²) in [6.07, 6.45) is 0.291. The zero-order valence-corrected chi connectivity index (χ0v) is 9.28. The van der Waals surface area contributed by atoms with E-state index in [-0.39, 0.29) is 0 Å². The second kappa shape index (κ2) is 5.37. The summed E-state index contributed by atoms with van der Waals surface area (Å²) in [5.74, 6) is 0. The van der Waals surface area contributed by atoms with E-state index in [1.54, 1.807) is 18.4 Å². The Bertz CT molecular complexity index is 247. The molecule has 0 saturated heterocycles. The number of hydrogen-bond acceptors (Lipinski definition) is 3. The van der Waals surface area contributed by atoms with Gasteiger partial charge < -0.3 is 10.1 Å². The first-order valence-electron chi connectivity index (χ1n) is 4.49. The van der Waals surface area contributed by atoms with E-state index in [0.29, 0.717) is 6.10 Å². The second-order valence-corrected chi connectivity index (χ2v) is 4.00. The maximum atomic E-state index is 5.14. The third kappa shape index (κ3) is 3.46. The van der Waals surface area contributed by atoms with Crippen LogP contribution in [0.1, 0.15) is 18.1 Å². The van der Waals surface area contributed by atoms with Gasteiger partial charge in [-0.1, -0.05) is 0 Å². The maximum Gasteiger partial charge on any atom is 0.0667 e. The topological polar surface area (TPSA) is 21.3 Å². The quantitative estimate of drug-likeness (QED) is 0.785. The third-order valence-corrected chi connectivity index (χ3v) is 3.02. The van der Waals surface area contributed by atoms with Gasteiger partial charge in [0.25, 0.3) is 0 Å². The molecular formula is C10H17NOS. The van der Waals surface area contributed by atoms with E-state index < -0.39 is 0 Å². The fourth-order valence-electron chi connectivity index (χ4n) is 1.06. The number of hydrogen-bond donors (Lipinski definition) is 1. The van der Waals surface area contributed by atoms with Crippen LogP contribution in [-0.4, -0.2) is 19.8 Å². The van der Waals surface area contributed by atoms with Crippen molar-refractivity contribution in [3.8, 4) is 0 Å². The summed E-state index contributed by atoms with van der Waals surface area (Å²) in [4.78, 5) is 0. The Kier molecular flexibility index (Phi) is 4.42. The van der Waals surface area contributed by atoms with Crippen molar-refractivity contribution in [2.75, 3.05) is 13.7 Å². The largest absolute Gasteiger partial charge is 0.380 e. The van der Waals surface area contributed by atoms with Gasteiger partial charge in [0.15, 0.2) is 0 Å². The summed E-state index contributed by atoms with van der Waals surface area (Å²) >= 11 is 1.76. The lowest BCUT2D eigenvalue weighted by Gasteiger charge is -2.10. The first-order chi connectivity index (χ1) is 6.24. The van der Waals surface area contributed by atoms with Gasteiger partial charge in [-0.25, -0.2) is 0 Å². The Labute approximate surface area is 83.9 Å². The molecule has 1 unspecified atom stereocenters. The molecule has 1 heterocycles. The molecule has 74 valence electrons. The lowest BCUT2D eigenvalue weighted by Crippen LogP contribution is -2.25. The van der Waals surface area contributed by atoms with Crippen LogP contribution < -0.4 is 5.32 Å². The Morgan fingerprint density at radius 1 is 1.54 bits per heavy atom. The van der Waals surface area contributed by atoms with Crippen molar-refractivity contribution < 1.29 is 4.74 Å². The van der Waals surface area contributed by atoms with Gasteiger partial charge in [0, 0.05) is 20.2 Å². The minimum Gasteiger partial charge on any atom is -0.380 e. The summed E-state index contributed by atoms with van der Waals surface area (Å²) in [6.45, 7) is 6.07. The molecule has 1 N–H and O–H groups in total. The fraction of sp³-hybridized carbons (Fsp3) is 0.600. The van der Waals surface area contributed by atoms with E-state index in [1.807, 2.05) is 0 Å². The Morgan fingerprint density at radius 3 is 2.85 bits per heavy atom. The van der Waals surface area contributed by atoms with Crippen LogP contribution in [-0.2, 0) is 11.3 Å². The molecule has 1 aromatic heterocycles. The molecule has 1 rings (SSSR count). The van der Waals surface area contributed by atoms with Crippen molar-refractivity contribution in [1.29, 1.82) is 0 Å². The van der Waals surface area contributed by atoms with E-state index in [9.17, 15) is 0 Å². The van der Waals surface area contributed by atoms with Gasteiger partial charge in [0.05, 0.1) is 6.10 Å². The van der Waals surface area contributed by atoms with Crippen LogP contribution in [0.2, 0.25) is 0 Å². The van der Waals surface area contributed by atoms with Crippen molar-refractivity contribution in [1.82, 2.24) is 5.32 Å². The van der Waals surface area contributed by atoms with Crippen molar-refractivity contribution in [3.05, 3.63) is 21.9 Å². The molecule has 1 aromatic rings. The fourth-order valence-corrected chi connectivity index (χ4v) is 1.92. The summed E-state index contributed by atoms with van der Waals surface area (Å²) in [7, 11) is 1.74. The van der Waals surface area contributed by atoms with Crippen molar-refractivity contribution in [2.24, 2.45) is 0 Å². The SMILES string of the molecule is COC(C)CNCc1cscc1C. The highest BCUT2D eigenvalue weighted by molar-refractivity contribution is 7.08. The highest BCUT2D eigenvalue weighted by Gasteiger charge is 2.00. The van der Waals surface area contributed by atoms with Crippen LogP contribution in [0.5, 0.6) is 0 Å². The first kappa shape index (κ1) is 10.7. The van der Waals surface area contributed by atoms with E-state index in [2.05, 4.69) is 29.9 Å². The molecule has 0 bridgehead atoms. The molecule has 0 aliphatic heterocycles. The van der Waals surface area contributed by atoms with Crippen LogP contribution >= 0.6 is 11.3 Å². The van der Waals surface area contributed by atoms with Gasteiger partial charge >= 0.3 is 0 Å². The van der Waals surface area contributed by atoms with Gasteiger partial charge in [-0.05, 0) is 35.7 Å². The Hall–Kier alpha value is -0.380. The van der Waals surface area contributed by atoms with E-state index in [1.165, 1.54) is 11.1 Å². The highest BCUT2D eigenvalue weighted by Crippen LogP contribution is 2.12.